The third-order valence-electron chi connectivity index (χ3n) is 4.25. The van der Waals surface area contributed by atoms with E-state index in [0.29, 0.717) is 17.2 Å². The molecule has 2 aromatic carbocycles. The van der Waals surface area contributed by atoms with Crippen LogP contribution in [0.15, 0.2) is 53.4 Å². The predicted octanol–water partition coefficient (Wildman–Crippen LogP) is 3.63. The number of hydrogen-bond donors (Lipinski definition) is 2. The number of nitrogens with one attached hydrogen (secondary N) is 2. The largest absolute Gasteiger partial charge is 0.301 e. The van der Waals surface area contributed by atoms with E-state index in [1.54, 1.807) is 19.1 Å². The smallest absolute Gasteiger partial charge is 0.244 e. The van der Waals surface area contributed by atoms with Gasteiger partial charge in [-0.1, -0.05) is 24.3 Å². The third-order valence-corrected chi connectivity index (χ3v) is 6.90. The van der Waals surface area contributed by atoms with Gasteiger partial charge in [0.2, 0.25) is 15.9 Å². The van der Waals surface area contributed by atoms with Crippen LogP contribution < -0.4 is 10.0 Å². The van der Waals surface area contributed by atoms with E-state index in [9.17, 15) is 22.0 Å². The number of benzene rings is 2. The van der Waals surface area contributed by atoms with Crippen LogP contribution >= 0.6 is 11.3 Å². The lowest BCUT2D eigenvalue weighted by molar-refractivity contribution is -0.117. The van der Waals surface area contributed by atoms with Gasteiger partial charge in [-0.2, -0.15) is 4.72 Å². The molecule has 0 aliphatic heterocycles. The van der Waals surface area contributed by atoms with Crippen molar-refractivity contribution in [2.24, 2.45) is 0 Å². The van der Waals surface area contributed by atoms with Crippen LogP contribution in [0.4, 0.5) is 13.9 Å². The summed E-state index contributed by atoms with van der Waals surface area (Å²) in [4.78, 5) is 17.1. The SMILES string of the molecule is Cc1nc(NC(=O)[C@H](C)NS(=O)(=O)c2ccccc2F)sc1Cc1ccc(F)cc1. The maximum absolute atomic E-state index is 13.8. The van der Waals surface area contributed by atoms with Crippen LogP contribution in [-0.4, -0.2) is 25.4 Å². The highest BCUT2D eigenvalue weighted by atomic mass is 32.2. The van der Waals surface area contributed by atoms with E-state index in [-0.39, 0.29) is 5.82 Å². The minimum atomic E-state index is -4.21. The summed E-state index contributed by atoms with van der Waals surface area (Å²) >= 11 is 1.25. The van der Waals surface area contributed by atoms with Crippen molar-refractivity contribution in [3.05, 3.63) is 76.3 Å². The Morgan fingerprint density at radius 2 is 1.80 bits per heavy atom. The molecule has 0 radical (unpaired) electrons. The molecule has 1 aromatic heterocycles. The molecule has 3 rings (SSSR count). The minimum Gasteiger partial charge on any atom is -0.301 e. The van der Waals surface area contributed by atoms with Crippen molar-refractivity contribution in [2.75, 3.05) is 5.32 Å². The maximum Gasteiger partial charge on any atom is 0.244 e. The molecule has 0 aliphatic rings. The zero-order chi connectivity index (χ0) is 21.9. The second-order valence-corrected chi connectivity index (χ2v) is 9.36. The number of hydrogen-bond acceptors (Lipinski definition) is 5. The van der Waals surface area contributed by atoms with E-state index in [2.05, 4.69) is 15.0 Å². The maximum atomic E-state index is 13.8. The Hall–Kier alpha value is -2.69. The van der Waals surface area contributed by atoms with Crippen molar-refractivity contribution in [2.45, 2.75) is 31.2 Å². The highest BCUT2D eigenvalue weighted by Gasteiger charge is 2.25. The summed E-state index contributed by atoms with van der Waals surface area (Å²) in [5.74, 6) is -1.85. The highest BCUT2D eigenvalue weighted by Crippen LogP contribution is 2.25. The lowest BCUT2D eigenvalue weighted by atomic mass is 10.1. The summed E-state index contributed by atoms with van der Waals surface area (Å²) in [6.07, 6.45) is 0.523. The van der Waals surface area contributed by atoms with Crippen molar-refractivity contribution in [1.82, 2.24) is 9.71 Å². The molecule has 0 unspecified atom stereocenters. The number of carbonyl (C=O) groups excluding carboxylic acids is 1. The zero-order valence-corrected chi connectivity index (χ0v) is 17.8. The Balaban J connectivity index is 1.67. The van der Waals surface area contributed by atoms with Gasteiger partial charge >= 0.3 is 0 Å². The lowest BCUT2D eigenvalue weighted by Gasteiger charge is -2.13. The van der Waals surface area contributed by atoms with Gasteiger partial charge in [0.15, 0.2) is 5.13 Å². The number of rotatable bonds is 7. The van der Waals surface area contributed by atoms with E-state index in [1.807, 2.05) is 0 Å². The minimum absolute atomic E-state index is 0.312. The van der Waals surface area contributed by atoms with E-state index in [4.69, 9.17) is 0 Å². The van der Waals surface area contributed by atoms with Gasteiger partial charge in [-0.15, -0.1) is 11.3 Å². The number of carbonyl (C=O) groups is 1. The molecule has 1 atom stereocenters. The number of aryl methyl sites for hydroxylation is 1. The number of aromatic nitrogens is 1. The number of sulfonamides is 1. The molecule has 0 bridgehead atoms. The van der Waals surface area contributed by atoms with Gasteiger partial charge in [-0.05, 0) is 43.7 Å². The summed E-state index contributed by atoms with van der Waals surface area (Å²) < 4.78 is 53.7. The fourth-order valence-electron chi connectivity index (χ4n) is 2.66. The molecule has 1 heterocycles. The quantitative estimate of drug-likeness (QED) is 0.574. The molecule has 0 spiro atoms. The molecule has 0 fully saturated rings. The van der Waals surface area contributed by atoms with Gasteiger partial charge in [-0.25, -0.2) is 22.2 Å². The second kappa shape index (κ2) is 8.99. The van der Waals surface area contributed by atoms with Gasteiger partial charge in [0.05, 0.1) is 11.7 Å². The first-order valence-electron chi connectivity index (χ1n) is 8.94. The standard InChI is InChI=1S/C20H19F2N3O3S2/c1-12-17(11-14-7-9-15(21)10-8-14)29-20(23-12)24-19(26)13(2)25-30(27,28)18-6-4-3-5-16(18)22/h3-10,13,25H,11H2,1-2H3,(H,23,24,26)/t13-/m0/s1. The lowest BCUT2D eigenvalue weighted by Crippen LogP contribution is -2.41. The monoisotopic (exact) mass is 451 g/mol. The average molecular weight is 452 g/mol. The molecule has 1 amide bonds. The summed E-state index contributed by atoms with van der Waals surface area (Å²) in [6, 6.07) is 9.85. The molecule has 3 aromatic rings. The van der Waals surface area contributed by atoms with Gasteiger partial charge in [-0.3, -0.25) is 4.79 Å². The van der Waals surface area contributed by atoms with Gasteiger partial charge in [0.1, 0.15) is 16.5 Å². The molecule has 0 saturated heterocycles. The summed E-state index contributed by atoms with van der Waals surface area (Å²) in [6.45, 7) is 3.14. The van der Waals surface area contributed by atoms with E-state index in [0.717, 1.165) is 22.6 Å². The van der Waals surface area contributed by atoms with E-state index in [1.165, 1.54) is 42.5 Å². The summed E-state index contributed by atoms with van der Waals surface area (Å²) in [5.41, 5.74) is 1.60. The number of anilines is 1. The van der Waals surface area contributed by atoms with Crippen LogP contribution in [0.3, 0.4) is 0 Å². The normalized spacial score (nSPS) is 12.5. The van der Waals surface area contributed by atoms with Crippen LogP contribution in [-0.2, 0) is 21.2 Å². The van der Waals surface area contributed by atoms with Crippen molar-refractivity contribution in [1.29, 1.82) is 0 Å². The first kappa shape index (κ1) is 22.0. The first-order valence-corrected chi connectivity index (χ1v) is 11.2. The van der Waals surface area contributed by atoms with Crippen molar-refractivity contribution in [3.63, 3.8) is 0 Å². The van der Waals surface area contributed by atoms with Crippen LogP contribution in [0.2, 0.25) is 0 Å². The second-order valence-electron chi connectivity index (χ2n) is 6.59. The Kier molecular flexibility index (Phi) is 6.59. The van der Waals surface area contributed by atoms with Crippen molar-refractivity contribution in [3.8, 4) is 0 Å². The molecular formula is C20H19F2N3O3S2. The number of halogens is 2. The Morgan fingerprint density at radius 3 is 2.47 bits per heavy atom. The molecule has 0 saturated carbocycles. The Bertz CT molecular complexity index is 1160. The molecule has 10 heteroatoms. The number of amides is 1. The first-order chi connectivity index (χ1) is 14.2. The third kappa shape index (κ3) is 5.26. The van der Waals surface area contributed by atoms with E-state index >= 15 is 0 Å². The highest BCUT2D eigenvalue weighted by molar-refractivity contribution is 7.89. The predicted molar refractivity (Wildman–Crippen MR) is 111 cm³/mol. The van der Waals surface area contributed by atoms with Gasteiger partial charge < -0.3 is 5.32 Å². The Morgan fingerprint density at radius 1 is 1.13 bits per heavy atom. The molecule has 30 heavy (non-hydrogen) atoms. The zero-order valence-electron chi connectivity index (χ0n) is 16.1. The van der Waals surface area contributed by atoms with Crippen LogP contribution in [0.1, 0.15) is 23.1 Å². The number of nitrogens with zero attached hydrogens (tertiary/aromatic N) is 1. The van der Waals surface area contributed by atoms with Crippen molar-refractivity contribution >= 4 is 32.4 Å². The number of thiazole rings is 1. The summed E-state index contributed by atoms with van der Waals surface area (Å²) in [5, 5.41) is 2.89. The topological polar surface area (TPSA) is 88.2 Å². The molecule has 2 N–H and O–H groups in total. The van der Waals surface area contributed by atoms with E-state index < -0.39 is 32.7 Å². The van der Waals surface area contributed by atoms with Crippen LogP contribution in [0.25, 0.3) is 0 Å². The van der Waals surface area contributed by atoms with Gasteiger partial charge in [0, 0.05) is 11.3 Å². The van der Waals surface area contributed by atoms with Gasteiger partial charge in [0.25, 0.3) is 0 Å². The molecular weight excluding hydrogens is 432 g/mol. The van der Waals surface area contributed by atoms with Crippen molar-refractivity contribution < 1.29 is 22.0 Å². The summed E-state index contributed by atoms with van der Waals surface area (Å²) in [7, 11) is -4.21. The molecule has 0 aliphatic carbocycles. The van der Waals surface area contributed by atoms with Crippen LogP contribution in [0, 0.1) is 18.6 Å². The molecule has 6 nitrogen and oxygen atoms in total. The average Bonchev–Trinajstić information content (AvgIpc) is 3.02. The van der Waals surface area contributed by atoms with Crippen LogP contribution in [0.5, 0.6) is 0 Å². The fraction of sp³-hybridized carbons (Fsp3) is 0.200. The Labute approximate surface area is 177 Å². The fourth-order valence-corrected chi connectivity index (χ4v) is 4.94. The molecule has 158 valence electrons.